The Morgan fingerprint density at radius 3 is 3.10 bits per heavy atom. The molecule has 0 amide bonds. The molecule has 21 heavy (non-hydrogen) atoms. The highest BCUT2D eigenvalue weighted by molar-refractivity contribution is 6.33. The van der Waals surface area contributed by atoms with Crippen LogP contribution < -0.4 is 5.73 Å². The van der Waals surface area contributed by atoms with E-state index >= 15 is 0 Å². The summed E-state index contributed by atoms with van der Waals surface area (Å²) in [6.45, 7) is 1.51. The molecule has 0 unspecified atom stereocenters. The maximum absolute atomic E-state index is 10.8. The molecule has 2 aromatic heterocycles. The average Bonchev–Trinajstić information content (AvgIpc) is 3.02. The molecule has 0 fully saturated rings. The third kappa shape index (κ3) is 2.67. The minimum Gasteiger partial charge on any atom is -0.463 e. The maximum atomic E-state index is 10.8. The topological polar surface area (TPSA) is 105 Å². The number of hydrogen-bond donors (Lipinski definition) is 1. The molecule has 3 heterocycles. The van der Waals surface area contributed by atoms with E-state index in [1.807, 2.05) is 12.2 Å². The number of rotatable bonds is 3. The van der Waals surface area contributed by atoms with Crippen molar-refractivity contribution >= 4 is 34.7 Å². The molecular weight excluding hydrogens is 298 g/mol. The van der Waals surface area contributed by atoms with Gasteiger partial charge in [0, 0.05) is 6.92 Å². The van der Waals surface area contributed by atoms with Crippen molar-refractivity contribution in [1.29, 1.82) is 0 Å². The van der Waals surface area contributed by atoms with E-state index in [1.54, 1.807) is 10.9 Å². The number of nitrogens with zero attached hydrogens (tertiary/aromatic N) is 4. The molecule has 9 heteroatoms. The molecule has 0 aromatic carbocycles. The Kier molecular flexibility index (Phi) is 3.48. The van der Waals surface area contributed by atoms with Crippen molar-refractivity contribution in [3.63, 3.8) is 0 Å². The molecule has 1 aliphatic heterocycles. The van der Waals surface area contributed by atoms with Crippen molar-refractivity contribution < 1.29 is 14.3 Å². The molecule has 0 aliphatic carbocycles. The number of ether oxygens (including phenoxy) is 2. The molecule has 1 aliphatic rings. The Balaban J connectivity index is 1.83. The van der Waals surface area contributed by atoms with E-state index < -0.39 is 6.23 Å². The summed E-state index contributed by atoms with van der Waals surface area (Å²) < 4.78 is 12.3. The number of carbonyl (C=O) groups is 1. The zero-order chi connectivity index (χ0) is 15.0. The number of nitrogen functional groups attached to an aromatic ring is 1. The molecule has 2 atom stereocenters. The van der Waals surface area contributed by atoms with E-state index in [9.17, 15) is 4.79 Å². The molecule has 2 aromatic rings. The molecule has 0 bridgehead atoms. The highest BCUT2D eigenvalue weighted by Gasteiger charge is 2.24. The first-order chi connectivity index (χ1) is 10.0. The molecule has 0 radical (unpaired) electrons. The largest absolute Gasteiger partial charge is 0.463 e. The molecule has 0 saturated heterocycles. The van der Waals surface area contributed by atoms with Gasteiger partial charge < -0.3 is 15.2 Å². The second kappa shape index (κ2) is 5.30. The van der Waals surface area contributed by atoms with E-state index in [1.165, 1.54) is 6.92 Å². The summed E-state index contributed by atoms with van der Waals surface area (Å²) in [5, 5.41) is 0.190. The lowest BCUT2D eigenvalue weighted by Crippen LogP contribution is -2.19. The van der Waals surface area contributed by atoms with Gasteiger partial charge in [0.25, 0.3) is 0 Å². The van der Waals surface area contributed by atoms with Crippen molar-refractivity contribution in [2.24, 2.45) is 0 Å². The Hall–Kier alpha value is -2.19. The Labute approximate surface area is 124 Å². The number of aromatic nitrogens is 4. The Morgan fingerprint density at radius 2 is 2.33 bits per heavy atom. The van der Waals surface area contributed by atoms with Crippen LogP contribution in [0.4, 0.5) is 5.95 Å². The first kappa shape index (κ1) is 13.8. The number of esters is 1. The van der Waals surface area contributed by atoms with Crippen LogP contribution >= 0.6 is 11.6 Å². The molecule has 110 valence electrons. The van der Waals surface area contributed by atoms with Crippen molar-refractivity contribution in [3.05, 3.63) is 23.6 Å². The first-order valence-electron chi connectivity index (χ1n) is 6.17. The summed E-state index contributed by atoms with van der Waals surface area (Å²) in [6, 6.07) is 0. The zero-order valence-electron chi connectivity index (χ0n) is 11.1. The SMILES string of the molecule is CC(=O)OC[C@@H]1C=C[C@H](n2cnc3c(Cl)nc(N)nc32)O1. The molecule has 0 spiro atoms. The molecule has 3 rings (SSSR count). The molecular formula is C12H12ClN5O3. The lowest BCUT2D eigenvalue weighted by atomic mass is 10.4. The van der Waals surface area contributed by atoms with Gasteiger partial charge in [0.05, 0.1) is 6.33 Å². The third-order valence-corrected chi connectivity index (χ3v) is 3.19. The number of imidazole rings is 1. The minimum absolute atomic E-state index is 0.0627. The summed E-state index contributed by atoms with van der Waals surface area (Å²) in [5.74, 6) is -0.288. The monoisotopic (exact) mass is 309 g/mol. The van der Waals surface area contributed by atoms with Crippen LogP contribution in [0.3, 0.4) is 0 Å². The standard InChI is InChI=1S/C12H12ClN5O3/c1-6(19)20-4-7-2-3-8(21-7)18-5-15-9-10(13)16-12(14)17-11(9)18/h2-3,5,7-8H,4H2,1H3,(H2,14,16,17)/t7-,8+/m0/s1. The van der Waals surface area contributed by atoms with Crippen LogP contribution in [0.25, 0.3) is 11.2 Å². The predicted molar refractivity (Wildman–Crippen MR) is 74.4 cm³/mol. The molecule has 0 saturated carbocycles. The highest BCUT2D eigenvalue weighted by atomic mass is 35.5. The van der Waals surface area contributed by atoms with Crippen LogP contribution in [0.15, 0.2) is 18.5 Å². The van der Waals surface area contributed by atoms with Gasteiger partial charge in [-0.3, -0.25) is 9.36 Å². The van der Waals surface area contributed by atoms with Gasteiger partial charge >= 0.3 is 5.97 Å². The molecule has 8 nitrogen and oxygen atoms in total. The molecule has 2 N–H and O–H groups in total. The van der Waals surface area contributed by atoms with Gasteiger partial charge in [0.2, 0.25) is 5.95 Å². The van der Waals surface area contributed by atoms with E-state index in [0.717, 1.165) is 0 Å². The minimum atomic E-state index is -0.416. The first-order valence-corrected chi connectivity index (χ1v) is 6.55. The normalized spacial score (nSPS) is 21.0. The van der Waals surface area contributed by atoms with Gasteiger partial charge in [-0.25, -0.2) is 4.98 Å². The summed E-state index contributed by atoms with van der Waals surface area (Å²) in [4.78, 5) is 22.9. The fourth-order valence-electron chi connectivity index (χ4n) is 2.03. The van der Waals surface area contributed by atoms with Gasteiger partial charge in [-0.1, -0.05) is 17.7 Å². The van der Waals surface area contributed by atoms with Crippen LogP contribution in [0.2, 0.25) is 5.15 Å². The van der Waals surface area contributed by atoms with E-state index in [-0.39, 0.29) is 29.8 Å². The summed E-state index contributed by atoms with van der Waals surface area (Å²) in [7, 11) is 0. The van der Waals surface area contributed by atoms with Gasteiger partial charge in [-0.2, -0.15) is 9.97 Å². The fraction of sp³-hybridized carbons (Fsp3) is 0.333. The quantitative estimate of drug-likeness (QED) is 0.513. The summed E-state index contributed by atoms with van der Waals surface area (Å²) >= 11 is 5.97. The number of anilines is 1. The van der Waals surface area contributed by atoms with Crippen LogP contribution in [0.5, 0.6) is 0 Å². The third-order valence-electron chi connectivity index (χ3n) is 2.93. The van der Waals surface area contributed by atoms with E-state index in [0.29, 0.717) is 11.2 Å². The predicted octanol–water partition coefficient (Wildman–Crippen LogP) is 1.08. The van der Waals surface area contributed by atoms with E-state index in [4.69, 9.17) is 26.8 Å². The lowest BCUT2D eigenvalue weighted by molar-refractivity contribution is -0.144. The van der Waals surface area contributed by atoms with Gasteiger partial charge in [0.1, 0.15) is 18.2 Å². The second-order valence-electron chi connectivity index (χ2n) is 4.45. The average molecular weight is 310 g/mol. The van der Waals surface area contributed by atoms with Crippen molar-refractivity contribution in [3.8, 4) is 0 Å². The zero-order valence-corrected chi connectivity index (χ0v) is 11.8. The van der Waals surface area contributed by atoms with Crippen LogP contribution in [-0.4, -0.2) is 38.2 Å². The van der Waals surface area contributed by atoms with Crippen LogP contribution in [-0.2, 0) is 14.3 Å². The number of halogens is 1. The maximum Gasteiger partial charge on any atom is 0.302 e. The Bertz CT molecular complexity index is 729. The Morgan fingerprint density at radius 1 is 1.52 bits per heavy atom. The van der Waals surface area contributed by atoms with Crippen molar-refractivity contribution in [1.82, 2.24) is 19.5 Å². The number of nitrogens with two attached hydrogens (primary N) is 1. The lowest BCUT2D eigenvalue weighted by Gasteiger charge is -2.15. The van der Waals surface area contributed by atoms with Gasteiger partial charge in [-0.15, -0.1) is 0 Å². The number of hydrogen-bond acceptors (Lipinski definition) is 7. The number of fused-ring (bicyclic) bond motifs is 1. The second-order valence-corrected chi connectivity index (χ2v) is 4.81. The fourth-order valence-corrected chi connectivity index (χ4v) is 2.25. The van der Waals surface area contributed by atoms with Crippen LogP contribution in [0.1, 0.15) is 13.2 Å². The van der Waals surface area contributed by atoms with Gasteiger partial charge in [-0.05, 0) is 6.08 Å². The highest BCUT2D eigenvalue weighted by Crippen LogP contribution is 2.27. The van der Waals surface area contributed by atoms with Crippen LogP contribution in [0, 0.1) is 0 Å². The smallest absolute Gasteiger partial charge is 0.302 e. The summed E-state index contributed by atoms with van der Waals surface area (Å²) in [5.41, 5.74) is 6.53. The van der Waals surface area contributed by atoms with Crippen molar-refractivity contribution in [2.75, 3.05) is 12.3 Å². The number of carbonyl (C=O) groups excluding carboxylic acids is 1. The van der Waals surface area contributed by atoms with Crippen molar-refractivity contribution in [2.45, 2.75) is 19.3 Å². The van der Waals surface area contributed by atoms with Gasteiger partial charge in [0.15, 0.2) is 17.0 Å². The summed E-state index contributed by atoms with van der Waals surface area (Å²) in [6.07, 6.45) is 4.45. The van der Waals surface area contributed by atoms with E-state index in [2.05, 4.69) is 15.0 Å².